The molecule has 148 valence electrons. The van der Waals surface area contributed by atoms with Crippen LogP contribution < -0.4 is 4.90 Å². The summed E-state index contributed by atoms with van der Waals surface area (Å²) < 4.78 is 5.43. The highest BCUT2D eigenvalue weighted by atomic mass is 16.5. The number of morpholine rings is 1. The van der Waals surface area contributed by atoms with Crippen LogP contribution in [-0.4, -0.2) is 73.3 Å². The summed E-state index contributed by atoms with van der Waals surface area (Å²) in [6.07, 6.45) is 4.49. The van der Waals surface area contributed by atoms with Crippen LogP contribution in [0, 0.1) is 0 Å². The molecule has 2 aliphatic heterocycles. The predicted molar refractivity (Wildman–Crippen MR) is 112 cm³/mol. The minimum Gasteiger partial charge on any atom is -0.379 e. The molecule has 5 heteroatoms. The van der Waals surface area contributed by atoms with E-state index in [1.807, 2.05) is 0 Å². The first-order chi connectivity index (χ1) is 13.8. The lowest BCUT2D eigenvalue weighted by molar-refractivity contribution is 0.0341. The molecule has 1 aliphatic carbocycles. The SMILES string of the molecule is c1ccc2c(c1)CC(N1CCN(c3ccc(CN4CCOCC4)cn3)CC1)C2. The first-order valence-electron chi connectivity index (χ1n) is 10.7. The Kier molecular flexibility index (Phi) is 5.30. The molecule has 0 bridgehead atoms. The van der Waals surface area contributed by atoms with Gasteiger partial charge in [-0.05, 0) is 35.6 Å². The van der Waals surface area contributed by atoms with Gasteiger partial charge in [0.05, 0.1) is 13.2 Å². The number of rotatable bonds is 4. The van der Waals surface area contributed by atoms with E-state index in [-0.39, 0.29) is 0 Å². The van der Waals surface area contributed by atoms with E-state index in [2.05, 4.69) is 57.3 Å². The van der Waals surface area contributed by atoms with Gasteiger partial charge in [0.25, 0.3) is 0 Å². The lowest BCUT2D eigenvalue weighted by Crippen LogP contribution is -2.51. The number of piperazine rings is 1. The highest BCUT2D eigenvalue weighted by Crippen LogP contribution is 2.26. The van der Waals surface area contributed by atoms with Crippen LogP contribution in [0.5, 0.6) is 0 Å². The van der Waals surface area contributed by atoms with Gasteiger partial charge in [0.15, 0.2) is 0 Å². The normalized spacial score (nSPS) is 21.8. The molecule has 0 unspecified atom stereocenters. The quantitative estimate of drug-likeness (QED) is 0.814. The fourth-order valence-electron chi connectivity index (χ4n) is 4.82. The Balaban J connectivity index is 1.14. The van der Waals surface area contributed by atoms with Crippen LogP contribution in [0.25, 0.3) is 0 Å². The third-order valence-electron chi connectivity index (χ3n) is 6.50. The van der Waals surface area contributed by atoms with Gasteiger partial charge in [-0.2, -0.15) is 0 Å². The Morgan fingerprint density at radius 3 is 2.21 bits per heavy atom. The average Bonchev–Trinajstić information content (AvgIpc) is 3.20. The summed E-state index contributed by atoms with van der Waals surface area (Å²) in [5.74, 6) is 1.13. The second-order valence-corrected chi connectivity index (χ2v) is 8.27. The highest BCUT2D eigenvalue weighted by molar-refractivity contribution is 5.40. The van der Waals surface area contributed by atoms with E-state index in [1.165, 1.54) is 18.4 Å². The third kappa shape index (κ3) is 3.93. The van der Waals surface area contributed by atoms with E-state index in [9.17, 15) is 0 Å². The summed E-state index contributed by atoms with van der Waals surface area (Å²) >= 11 is 0. The van der Waals surface area contributed by atoms with Crippen molar-refractivity contribution in [2.24, 2.45) is 0 Å². The monoisotopic (exact) mass is 378 g/mol. The molecule has 2 fully saturated rings. The molecule has 0 spiro atoms. The van der Waals surface area contributed by atoms with Gasteiger partial charge in [0, 0.05) is 58.1 Å². The van der Waals surface area contributed by atoms with Crippen molar-refractivity contribution in [3.05, 3.63) is 59.3 Å². The zero-order chi connectivity index (χ0) is 18.8. The summed E-state index contributed by atoms with van der Waals surface area (Å²) in [7, 11) is 0. The van der Waals surface area contributed by atoms with Gasteiger partial charge < -0.3 is 9.64 Å². The Labute approximate surface area is 167 Å². The summed E-state index contributed by atoms with van der Waals surface area (Å²) in [5, 5.41) is 0. The molecule has 3 heterocycles. The largest absolute Gasteiger partial charge is 0.379 e. The molecule has 0 amide bonds. The first kappa shape index (κ1) is 18.1. The summed E-state index contributed by atoms with van der Waals surface area (Å²) in [5.41, 5.74) is 4.40. The lowest BCUT2D eigenvalue weighted by atomic mass is 10.1. The number of ether oxygens (including phenoxy) is 1. The van der Waals surface area contributed by atoms with Crippen LogP contribution in [0.2, 0.25) is 0 Å². The number of hydrogen-bond donors (Lipinski definition) is 0. The highest BCUT2D eigenvalue weighted by Gasteiger charge is 2.29. The van der Waals surface area contributed by atoms with Crippen molar-refractivity contribution in [1.82, 2.24) is 14.8 Å². The molecule has 5 rings (SSSR count). The maximum atomic E-state index is 5.43. The molecular formula is C23H30N4O. The van der Waals surface area contributed by atoms with Crippen LogP contribution in [0.1, 0.15) is 16.7 Å². The van der Waals surface area contributed by atoms with E-state index in [4.69, 9.17) is 9.72 Å². The van der Waals surface area contributed by atoms with Crippen molar-refractivity contribution in [3.8, 4) is 0 Å². The minimum absolute atomic E-state index is 0.684. The Hall–Kier alpha value is -1.95. The maximum absolute atomic E-state index is 5.43. The van der Waals surface area contributed by atoms with Crippen LogP contribution in [0.4, 0.5) is 5.82 Å². The fraction of sp³-hybridized carbons (Fsp3) is 0.522. The summed E-state index contributed by atoms with van der Waals surface area (Å²) in [6, 6.07) is 14.1. The van der Waals surface area contributed by atoms with E-state index in [1.54, 1.807) is 11.1 Å². The summed E-state index contributed by atoms with van der Waals surface area (Å²) in [4.78, 5) is 12.3. The Morgan fingerprint density at radius 2 is 1.57 bits per heavy atom. The standard InChI is InChI=1S/C23H30N4O/c1-2-4-21-16-22(15-20(21)3-1)26-7-9-27(10-8-26)23-6-5-19(17-24-23)18-25-11-13-28-14-12-25/h1-6,17,22H,7-16,18H2. The lowest BCUT2D eigenvalue weighted by Gasteiger charge is -2.38. The summed E-state index contributed by atoms with van der Waals surface area (Å²) in [6.45, 7) is 9.14. The molecule has 0 N–H and O–H groups in total. The molecule has 2 aromatic rings. The Morgan fingerprint density at radius 1 is 0.857 bits per heavy atom. The Bertz CT molecular complexity index is 754. The van der Waals surface area contributed by atoms with Gasteiger partial charge in [-0.15, -0.1) is 0 Å². The van der Waals surface area contributed by atoms with Gasteiger partial charge in [-0.1, -0.05) is 30.3 Å². The number of aromatic nitrogens is 1. The molecule has 1 aromatic carbocycles. The number of anilines is 1. The molecule has 5 nitrogen and oxygen atoms in total. The predicted octanol–water partition coefficient (Wildman–Crippen LogP) is 2.20. The van der Waals surface area contributed by atoms with Crippen molar-refractivity contribution in [3.63, 3.8) is 0 Å². The number of pyridine rings is 1. The molecule has 0 saturated carbocycles. The number of fused-ring (bicyclic) bond motifs is 1. The fourth-order valence-corrected chi connectivity index (χ4v) is 4.82. The zero-order valence-corrected chi connectivity index (χ0v) is 16.6. The van der Waals surface area contributed by atoms with Crippen molar-refractivity contribution >= 4 is 5.82 Å². The van der Waals surface area contributed by atoms with Crippen LogP contribution >= 0.6 is 0 Å². The van der Waals surface area contributed by atoms with E-state index in [0.717, 1.165) is 64.8 Å². The average molecular weight is 379 g/mol. The first-order valence-corrected chi connectivity index (χ1v) is 10.7. The van der Waals surface area contributed by atoms with Crippen molar-refractivity contribution in [2.45, 2.75) is 25.4 Å². The number of benzene rings is 1. The van der Waals surface area contributed by atoms with Crippen LogP contribution in [0.3, 0.4) is 0 Å². The molecule has 1 aromatic heterocycles. The maximum Gasteiger partial charge on any atom is 0.128 e. The van der Waals surface area contributed by atoms with Crippen molar-refractivity contribution in [2.75, 3.05) is 57.4 Å². The smallest absolute Gasteiger partial charge is 0.128 e. The van der Waals surface area contributed by atoms with Crippen molar-refractivity contribution < 1.29 is 4.74 Å². The van der Waals surface area contributed by atoms with E-state index >= 15 is 0 Å². The van der Waals surface area contributed by atoms with Gasteiger partial charge >= 0.3 is 0 Å². The second kappa shape index (κ2) is 8.19. The van der Waals surface area contributed by atoms with Gasteiger partial charge in [0.2, 0.25) is 0 Å². The van der Waals surface area contributed by atoms with E-state index < -0.39 is 0 Å². The third-order valence-corrected chi connectivity index (χ3v) is 6.50. The number of hydrogen-bond acceptors (Lipinski definition) is 5. The molecular weight excluding hydrogens is 348 g/mol. The molecule has 0 atom stereocenters. The van der Waals surface area contributed by atoms with Gasteiger partial charge in [0.1, 0.15) is 5.82 Å². The van der Waals surface area contributed by atoms with Gasteiger partial charge in [-0.3, -0.25) is 9.80 Å². The molecule has 0 radical (unpaired) electrons. The van der Waals surface area contributed by atoms with E-state index in [0.29, 0.717) is 6.04 Å². The number of nitrogens with zero attached hydrogens (tertiary/aromatic N) is 4. The van der Waals surface area contributed by atoms with Crippen LogP contribution in [-0.2, 0) is 24.1 Å². The zero-order valence-electron chi connectivity index (χ0n) is 16.6. The minimum atomic E-state index is 0.684. The molecule has 2 saturated heterocycles. The van der Waals surface area contributed by atoms with Crippen LogP contribution in [0.15, 0.2) is 42.6 Å². The van der Waals surface area contributed by atoms with Crippen molar-refractivity contribution in [1.29, 1.82) is 0 Å². The second-order valence-electron chi connectivity index (χ2n) is 8.27. The topological polar surface area (TPSA) is 31.8 Å². The van der Waals surface area contributed by atoms with Gasteiger partial charge in [-0.25, -0.2) is 4.98 Å². The molecule has 28 heavy (non-hydrogen) atoms. The molecule has 3 aliphatic rings.